The third-order valence-corrected chi connectivity index (χ3v) is 6.04. The van der Waals surface area contributed by atoms with Crippen molar-refractivity contribution < 1.29 is 13.6 Å². The molecule has 2 heterocycles. The van der Waals surface area contributed by atoms with Gasteiger partial charge in [-0.05, 0) is 61.1 Å². The smallest absolute Gasteiger partial charge is 0.224 e. The number of hydrogen-bond donors (Lipinski definition) is 1. The summed E-state index contributed by atoms with van der Waals surface area (Å²) in [6.07, 6.45) is 3.33. The van der Waals surface area contributed by atoms with Crippen LogP contribution in [-0.4, -0.2) is 42.5 Å². The number of anilines is 1. The Balaban J connectivity index is 1.36. The molecule has 0 aliphatic carbocycles. The lowest BCUT2D eigenvalue weighted by Crippen LogP contribution is -2.44. The number of carbonyl (C=O) groups is 1. The number of amides is 1. The molecule has 2 aliphatic heterocycles. The molecular weight excluding hydrogens is 372 g/mol. The predicted octanol–water partition coefficient (Wildman–Crippen LogP) is 3.28. The third kappa shape index (κ3) is 4.42. The maximum absolute atomic E-state index is 13.8. The van der Waals surface area contributed by atoms with Crippen molar-refractivity contribution in [3.63, 3.8) is 0 Å². The van der Waals surface area contributed by atoms with E-state index in [9.17, 15) is 13.6 Å². The van der Waals surface area contributed by atoms with Gasteiger partial charge in [-0.1, -0.05) is 18.2 Å². The van der Waals surface area contributed by atoms with Crippen molar-refractivity contribution in [2.45, 2.75) is 44.2 Å². The first-order valence-electron chi connectivity index (χ1n) is 10.3. The van der Waals surface area contributed by atoms with Gasteiger partial charge in [-0.2, -0.15) is 0 Å². The van der Waals surface area contributed by atoms with Crippen LogP contribution in [0.15, 0.2) is 42.5 Å². The number of halogens is 2. The highest BCUT2D eigenvalue weighted by molar-refractivity contribution is 5.77. The summed E-state index contributed by atoms with van der Waals surface area (Å²) in [7, 11) is 0. The fourth-order valence-electron chi connectivity index (χ4n) is 4.60. The molecule has 6 heteroatoms. The quantitative estimate of drug-likeness (QED) is 0.811. The van der Waals surface area contributed by atoms with Crippen LogP contribution >= 0.6 is 0 Å². The summed E-state index contributed by atoms with van der Waals surface area (Å²) in [4.78, 5) is 17.1. The molecule has 0 aromatic heterocycles. The number of benzene rings is 2. The summed E-state index contributed by atoms with van der Waals surface area (Å²) in [5.74, 6) is -0.444. The van der Waals surface area contributed by atoms with Gasteiger partial charge in [0.2, 0.25) is 5.91 Å². The van der Waals surface area contributed by atoms with E-state index >= 15 is 0 Å². The van der Waals surface area contributed by atoms with Gasteiger partial charge in [0.25, 0.3) is 0 Å². The lowest BCUT2D eigenvalue weighted by Gasteiger charge is -2.31. The highest BCUT2D eigenvalue weighted by Gasteiger charge is 2.32. The van der Waals surface area contributed by atoms with Crippen molar-refractivity contribution in [1.29, 1.82) is 0 Å². The molecule has 2 N–H and O–H groups in total. The molecule has 2 aliphatic rings. The summed E-state index contributed by atoms with van der Waals surface area (Å²) >= 11 is 0. The zero-order valence-corrected chi connectivity index (χ0v) is 16.5. The van der Waals surface area contributed by atoms with Gasteiger partial charge in [0, 0.05) is 43.8 Å². The van der Waals surface area contributed by atoms with E-state index in [1.807, 2.05) is 11.0 Å². The van der Waals surface area contributed by atoms with Crippen LogP contribution in [0.25, 0.3) is 0 Å². The first-order valence-corrected chi connectivity index (χ1v) is 10.3. The van der Waals surface area contributed by atoms with E-state index in [4.69, 9.17) is 5.73 Å². The number of fused-ring (bicyclic) bond motifs is 1. The molecule has 0 saturated carbocycles. The Morgan fingerprint density at radius 1 is 1.17 bits per heavy atom. The second-order valence-electron chi connectivity index (χ2n) is 8.11. The molecule has 0 radical (unpaired) electrons. The molecule has 0 bridgehead atoms. The van der Waals surface area contributed by atoms with Gasteiger partial charge < -0.3 is 15.5 Å². The fraction of sp³-hybridized carbons (Fsp3) is 0.435. The van der Waals surface area contributed by atoms with Crippen molar-refractivity contribution in [1.82, 2.24) is 4.90 Å². The Hall–Kier alpha value is -2.47. The average Bonchev–Trinajstić information content (AvgIpc) is 3.31. The van der Waals surface area contributed by atoms with Gasteiger partial charge in [-0.3, -0.25) is 4.79 Å². The Bertz CT molecular complexity index is 888. The van der Waals surface area contributed by atoms with E-state index in [-0.39, 0.29) is 30.0 Å². The van der Waals surface area contributed by atoms with E-state index in [0.29, 0.717) is 12.0 Å². The molecule has 1 fully saturated rings. The lowest BCUT2D eigenvalue weighted by molar-refractivity contribution is -0.132. The molecule has 2 atom stereocenters. The summed E-state index contributed by atoms with van der Waals surface area (Å²) in [6.45, 7) is 2.34. The van der Waals surface area contributed by atoms with Crippen LogP contribution < -0.4 is 10.6 Å². The summed E-state index contributed by atoms with van der Waals surface area (Å²) in [5.41, 5.74) is 8.82. The van der Waals surface area contributed by atoms with Crippen LogP contribution in [0.2, 0.25) is 0 Å². The maximum atomic E-state index is 13.8. The molecule has 29 heavy (non-hydrogen) atoms. The molecule has 1 saturated heterocycles. The first kappa shape index (κ1) is 19.8. The Morgan fingerprint density at radius 3 is 2.83 bits per heavy atom. The summed E-state index contributed by atoms with van der Waals surface area (Å²) < 4.78 is 27.3. The van der Waals surface area contributed by atoms with Crippen LogP contribution in [0, 0.1) is 11.6 Å². The number of rotatable bonds is 6. The van der Waals surface area contributed by atoms with Gasteiger partial charge in [-0.25, -0.2) is 8.78 Å². The van der Waals surface area contributed by atoms with Gasteiger partial charge >= 0.3 is 0 Å². The van der Waals surface area contributed by atoms with Crippen molar-refractivity contribution in [2.24, 2.45) is 5.73 Å². The Morgan fingerprint density at radius 2 is 2.00 bits per heavy atom. The van der Waals surface area contributed by atoms with Crippen molar-refractivity contribution in [2.75, 3.05) is 24.5 Å². The zero-order chi connectivity index (χ0) is 20.4. The molecule has 4 rings (SSSR count). The minimum Gasteiger partial charge on any atom is -0.369 e. The second-order valence-corrected chi connectivity index (χ2v) is 8.11. The van der Waals surface area contributed by atoms with Gasteiger partial charge in [0.1, 0.15) is 11.6 Å². The van der Waals surface area contributed by atoms with Crippen LogP contribution in [-0.2, 0) is 17.6 Å². The number of nitrogens with two attached hydrogens (primary N) is 1. The number of carbonyl (C=O) groups excluding carboxylic acids is 1. The van der Waals surface area contributed by atoms with Crippen molar-refractivity contribution in [3.05, 3.63) is 65.2 Å². The van der Waals surface area contributed by atoms with E-state index in [0.717, 1.165) is 50.1 Å². The number of likely N-dealkylation sites (tertiary alicyclic amines) is 1. The van der Waals surface area contributed by atoms with Crippen molar-refractivity contribution >= 4 is 11.6 Å². The van der Waals surface area contributed by atoms with Crippen LogP contribution in [0.3, 0.4) is 0 Å². The largest absolute Gasteiger partial charge is 0.369 e. The zero-order valence-electron chi connectivity index (χ0n) is 16.5. The maximum Gasteiger partial charge on any atom is 0.224 e. The number of nitrogens with zero attached hydrogens (tertiary/aromatic N) is 2. The van der Waals surface area contributed by atoms with Crippen molar-refractivity contribution in [3.8, 4) is 0 Å². The van der Waals surface area contributed by atoms with Gasteiger partial charge in [0.15, 0.2) is 0 Å². The van der Waals surface area contributed by atoms with Crippen LogP contribution in [0.5, 0.6) is 0 Å². The molecule has 1 unspecified atom stereocenters. The third-order valence-electron chi connectivity index (χ3n) is 6.04. The normalized spacial score (nSPS) is 19.5. The van der Waals surface area contributed by atoms with E-state index in [1.165, 1.54) is 12.1 Å². The molecule has 4 nitrogen and oxygen atoms in total. The predicted molar refractivity (Wildman–Crippen MR) is 110 cm³/mol. The standard InChI is InChI=1S/C23H27F2N3O/c24-18-7-8-22-17(12-18)9-11-27(22)15-20-5-3-10-28(20)23(29)14-19(26)13-16-4-1-2-6-21(16)25/h1-2,4,6-8,12,19-20H,3,5,9-11,13-15,26H2/t19-,20?/m1/s1. The molecule has 154 valence electrons. The highest BCUT2D eigenvalue weighted by atomic mass is 19.1. The van der Waals surface area contributed by atoms with E-state index in [1.54, 1.807) is 24.3 Å². The first-order chi connectivity index (χ1) is 14.0. The Labute approximate surface area is 170 Å². The Kier molecular flexibility index (Phi) is 5.81. The minimum atomic E-state index is -0.406. The highest BCUT2D eigenvalue weighted by Crippen LogP contribution is 2.30. The molecule has 2 aromatic rings. The summed E-state index contributed by atoms with van der Waals surface area (Å²) in [5, 5.41) is 0. The molecule has 2 aromatic carbocycles. The van der Waals surface area contributed by atoms with Gasteiger partial charge in [0.05, 0.1) is 0 Å². The molecule has 1 amide bonds. The second kappa shape index (κ2) is 8.49. The topological polar surface area (TPSA) is 49.6 Å². The van der Waals surface area contributed by atoms with E-state index in [2.05, 4.69) is 4.90 Å². The fourth-order valence-corrected chi connectivity index (χ4v) is 4.60. The number of hydrogen-bond acceptors (Lipinski definition) is 3. The average molecular weight is 399 g/mol. The minimum absolute atomic E-state index is 0.0369. The van der Waals surface area contributed by atoms with Crippen LogP contribution in [0.4, 0.5) is 14.5 Å². The van der Waals surface area contributed by atoms with Crippen LogP contribution in [0.1, 0.15) is 30.4 Å². The monoisotopic (exact) mass is 399 g/mol. The molecular formula is C23H27F2N3O. The summed E-state index contributed by atoms with van der Waals surface area (Å²) in [6, 6.07) is 11.2. The molecule has 0 spiro atoms. The van der Waals surface area contributed by atoms with Gasteiger partial charge in [-0.15, -0.1) is 0 Å². The lowest BCUT2D eigenvalue weighted by atomic mass is 10.0. The van der Waals surface area contributed by atoms with E-state index < -0.39 is 6.04 Å². The SMILES string of the molecule is N[C@@H](CC(=O)N1CCCC1CN1CCc2cc(F)ccc21)Cc1ccccc1F.